The quantitative estimate of drug-likeness (QED) is 0.700. The van der Waals surface area contributed by atoms with Gasteiger partial charge in [0.1, 0.15) is 11.5 Å². The minimum atomic E-state index is 0.193. The third-order valence-corrected chi connectivity index (χ3v) is 4.23. The maximum Gasteiger partial charge on any atom is 0.137 e. The molecule has 0 saturated carbocycles. The predicted molar refractivity (Wildman–Crippen MR) is 86.4 cm³/mol. The van der Waals surface area contributed by atoms with E-state index in [1.807, 2.05) is 36.4 Å². The van der Waals surface area contributed by atoms with Gasteiger partial charge in [0.2, 0.25) is 0 Å². The second kappa shape index (κ2) is 7.00. The van der Waals surface area contributed by atoms with E-state index in [0.29, 0.717) is 10.8 Å². The average molecular weight is 356 g/mol. The summed E-state index contributed by atoms with van der Waals surface area (Å²) in [6.07, 6.45) is 0.861. The molecule has 0 N–H and O–H groups in total. The van der Waals surface area contributed by atoms with Crippen LogP contribution < -0.4 is 9.47 Å². The minimum Gasteiger partial charge on any atom is -0.497 e. The second-order valence-electron chi connectivity index (χ2n) is 4.42. The normalized spacial score (nSPS) is 12.0. The molecule has 0 radical (unpaired) electrons. The summed E-state index contributed by atoms with van der Waals surface area (Å²) in [5, 5.41) is 0.625. The van der Waals surface area contributed by atoms with Gasteiger partial charge in [0.05, 0.1) is 19.2 Å². The van der Waals surface area contributed by atoms with Crippen LogP contribution in [-0.2, 0) is 6.42 Å². The zero-order valence-corrected chi connectivity index (χ0v) is 13.7. The van der Waals surface area contributed by atoms with Gasteiger partial charge in [-0.15, -0.1) is 0 Å². The van der Waals surface area contributed by atoms with Crippen molar-refractivity contribution >= 4 is 27.5 Å². The van der Waals surface area contributed by atoms with E-state index >= 15 is 0 Å². The first-order chi connectivity index (χ1) is 9.63. The monoisotopic (exact) mass is 354 g/mol. The van der Waals surface area contributed by atoms with Crippen molar-refractivity contribution in [3.05, 3.63) is 58.6 Å². The Morgan fingerprint density at radius 2 is 1.90 bits per heavy atom. The van der Waals surface area contributed by atoms with Gasteiger partial charge in [0.15, 0.2) is 0 Å². The Labute approximate surface area is 132 Å². The van der Waals surface area contributed by atoms with E-state index in [-0.39, 0.29) is 4.83 Å². The zero-order valence-electron chi connectivity index (χ0n) is 11.4. The summed E-state index contributed by atoms with van der Waals surface area (Å²) < 4.78 is 10.4. The summed E-state index contributed by atoms with van der Waals surface area (Å²) in [4.78, 5) is 0.193. The maximum absolute atomic E-state index is 6.16. The molecule has 0 aliphatic heterocycles. The first-order valence-corrected chi connectivity index (χ1v) is 7.54. The lowest BCUT2D eigenvalue weighted by Gasteiger charge is -2.13. The van der Waals surface area contributed by atoms with Crippen LogP contribution in [0.5, 0.6) is 11.5 Å². The molecule has 1 atom stereocenters. The van der Waals surface area contributed by atoms with E-state index in [1.165, 1.54) is 5.56 Å². The molecular formula is C16H16BrClO2. The fourth-order valence-corrected chi connectivity index (χ4v) is 2.93. The number of alkyl halides is 1. The number of methoxy groups -OCH3 is 2. The first-order valence-electron chi connectivity index (χ1n) is 6.24. The van der Waals surface area contributed by atoms with Crippen LogP contribution in [0, 0.1) is 0 Å². The van der Waals surface area contributed by atoms with Crippen LogP contribution in [0.25, 0.3) is 0 Å². The van der Waals surface area contributed by atoms with Crippen molar-refractivity contribution in [1.29, 1.82) is 0 Å². The summed E-state index contributed by atoms with van der Waals surface area (Å²) in [7, 11) is 3.29. The highest BCUT2D eigenvalue weighted by Gasteiger charge is 2.11. The third-order valence-electron chi connectivity index (χ3n) is 3.09. The molecule has 0 heterocycles. The molecular weight excluding hydrogens is 340 g/mol. The molecule has 1 unspecified atom stereocenters. The van der Waals surface area contributed by atoms with Crippen molar-refractivity contribution in [2.75, 3.05) is 14.2 Å². The second-order valence-corrected chi connectivity index (χ2v) is 5.93. The molecule has 2 aromatic rings. The smallest absolute Gasteiger partial charge is 0.137 e. The van der Waals surface area contributed by atoms with Crippen LogP contribution in [0.3, 0.4) is 0 Å². The lowest BCUT2D eigenvalue weighted by atomic mass is 10.0. The fourth-order valence-electron chi connectivity index (χ4n) is 2.00. The fraction of sp³-hybridized carbons (Fsp3) is 0.250. The molecule has 20 heavy (non-hydrogen) atoms. The summed E-state index contributed by atoms with van der Waals surface area (Å²) in [6, 6.07) is 13.9. The molecule has 0 spiro atoms. The Kier molecular flexibility index (Phi) is 5.32. The van der Waals surface area contributed by atoms with Gasteiger partial charge < -0.3 is 9.47 Å². The van der Waals surface area contributed by atoms with Gasteiger partial charge in [0, 0.05) is 4.83 Å². The van der Waals surface area contributed by atoms with Crippen LogP contribution in [0.1, 0.15) is 16.0 Å². The summed E-state index contributed by atoms with van der Waals surface area (Å²) in [5.74, 6) is 1.56. The number of ether oxygens (including phenoxy) is 2. The molecule has 0 saturated heterocycles. The Morgan fingerprint density at radius 3 is 2.55 bits per heavy atom. The van der Waals surface area contributed by atoms with Gasteiger partial charge in [-0.05, 0) is 41.8 Å². The molecule has 0 aromatic heterocycles. The van der Waals surface area contributed by atoms with Crippen LogP contribution in [0.15, 0.2) is 42.5 Å². The van der Waals surface area contributed by atoms with E-state index < -0.39 is 0 Å². The van der Waals surface area contributed by atoms with Crippen molar-refractivity contribution in [1.82, 2.24) is 0 Å². The van der Waals surface area contributed by atoms with E-state index in [1.54, 1.807) is 14.2 Å². The molecule has 0 amide bonds. The van der Waals surface area contributed by atoms with Crippen molar-refractivity contribution in [3.8, 4) is 11.5 Å². The summed E-state index contributed by atoms with van der Waals surface area (Å²) >= 11 is 9.87. The number of rotatable bonds is 5. The van der Waals surface area contributed by atoms with Gasteiger partial charge in [0.25, 0.3) is 0 Å². The van der Waals surface area contributed by atoms with Crippen molar-refractivity contribution in [2.45, 2.75) is 11.2 Å². The molecule has 0 bridgehead atoms. The van der Waals surface area contributed by atoms with Gasteiger partial charge in [-0.2, -0.15) is 0 Å². The number of hydrogen-bond donors (Lipinski definition) is 0. The van der Waals surface area contributed by atoms with Crippen molar-refractivity contribution < 1.29 is 9.47 Å². The molecule has 0 fully saturated rings. The highest BCUT2D eigenvalue weighted by Crippen LogP contribution is 2.33. The maximum atomic E-state index is 6.16. The Bertz CT molecular complexity index is 586. The van der Waals surface area contributed by atoms with E-state index in [4.69, 9.17) is 21.1 Å². The standard InChI is InChI=1S/C16H16BrClO2/c1-19-13-5-3-4-11(8-13)9-14(17)12-6-7-16(20-2)15(18)10-12/h3-8,10,14H,9H2,1-2H3. The number of hydrogen-bond acceptors (Lipinski definition) is 2. The molecule has 106 valence electrons. The molecule has 0 aliphatic carbocycles. The molecule has 2 aromatic carbocycles. The van der Waals surface area contributed by atoms with Crippen molar-refractivity contribution in [3.63, 3.8) is 0 Å². The minimum absolute atomic E-state index is 0.193. The van der Waals surface area contributed by atoms with Crippen molar-refractivity contribution in [2.24, 2.45) is 0 Å². The van der Waals surface area contributed by atoms with Crippen LogP contribution >= 0.6 is 27.5 Å². The average Bonchev–Trinajstić information content (AvgIpc) is 2.47. The molecule has 2 nitrogen and oxygen atoms in total. The summed E-state index contributed by atoms with van der Waals surface area (Å²) in [5.41, 5.74) is 2.33. The van der Waals surface area contributed by atoms with E-state index in [0.717, 1.165) is 17.7 Å². The van der Waals surface area contributed by atoms with Gasteiger partial charge in [-0.25, -0.2) is 0 Å². The van der Waals surface area contributed by atoms with E-state index in [9.17, 15) is 0 Å². The highest BCUT2D eigenvalue weighted by molar-refractivity contribution is 9.09. The largest absolute Gasteiger partial charge is 0.497 e. The first kappa shape index (κ1) is 15.2. The Morgan fingerprint density at radius 1 is 1.10 bits per heavy atom. The summed E-state index contributed by atoms with van der Waals surface area (Å²) in [6.45, 7) is 0. The molecule has 0 aliphatic rings. The molecule has 4 heteroatoms. The van der Waals surface area contributed by atoms with Crippen LogP contribution in [0.2, 0.25) is 5.02 Å². The Hall–Kier alpha value is -1.19. The lowest BCUT2D eigenvalue weighted by Crippen LogP contribution is -1.97. The van der Waals surface area contributed by atoms with E-state index in [2.05, 4.69) is 22.0 Å². The lowest BCUT2D eigenvalue weighted by molar-refractivity contribution is 0.414. The Balaban J connectivity index is 2.14. The van der Waals surface area contributed by atoms with Gasteiger partial charge in [-0.1, -0.05) is 45.7 Å². The number of benzene rings is 2. The predicted octanol–water partition coefficient (Wildman–Crippen LogP) is 5.04. The van der Waals surface area contributed by atoms with Gasteiger partial charge in [-0.3, -0.25) is 0 Å². The van der Waals surface area contributed by atoms with Crippen LogP contribution in [-0.4, -0.2) is 14.2 Å². The highest BCUT2D eigenvalue weighted by atomic mass is 79.9. The number of halogens is 2. The zero-order chi connectivity index (χ0) is 14.5. The topological polar surface area (TPSA) is 18.5 Å². The molecule has 2 rings (SSSR count). The van der Waals surface area contributed by atoms with Gasteiger partial charge >= 0.3 is 0 Å². The van der Waals surface area contributed by atoms with Crippen LogP contribution in [0.4, 0.5) is 0 Å². The third kappa shape index (κ3) is 3.68. The SMILES string of the molecule is COc1cccc(CC(Br)c2ccc(OC)c(Cl)c2)c1.